The lowest BCUT2D eigenvalue weighted by Crippen LogP contribution is -2.43. The minimum atomic E-state index is -2.48. The van der Waals surface area contributed by atoms with Gasteiger partial charge in [0.1, 0.15) is 23.2 Å². The topological polar surface area (TPSA) is 37.3 Å². The van der Waals surface area contributed by atoms with Gasteiger partial charge in [0, 0.05) is 6.42 Å². The zero-order chi connectivity index (χ0) is 20.8. The number of rotatable bonds is 7. The standard InChI is InChI=1S/C27H23O2P/c28-27(29)26(21-22-13-5-1-6-14-22)30(23-15-7-2-8-16-23,24-17-9-3-10-18-24)25-19-11-4-12-20-25/h1-20,26H,21H2/p+1. The second kappa shape index (κ2) is 9.07. The highest BCUT2D eigenvalue weighted by Gasteiger charge is 2.55. The second-order valence-corrected chi connectivity index (χ2v) is 10.9. The van der Waals surface area contributed by atoms with E-state index in [-0.39, 0.29) is 0 Å². The molecule has 0 radical (unpaired) electrons. The molecule has 1 N–H and O–H groups in total. The molecular formula is C27H24O2P+. The Bertz CT molecular complexity index is 984. The molecule has 0 saturated heterocycles. The molecule has 0 heterocycles. The van der Waals surface area contributed by atoms with Crippen LogP contribution in [0.5, 0.6) is 0 Å². The van der Waals surface area contributed by atoms with Crippen LogP contribution in [0, 0.1) is 0 Å². The van der Waals surface area contributed by atoms with Gasteiger partial charge in [-0.15, -0.1) is 0 Å². The minimum Gasteiger partial charge on any atom is -0.478 e. The van der Waals surface area contributed by atoms with E-state index < -0.39 is 18.9 Å². The lowest BCUT2D eigenvalue weighted by atomic mass is 10.1. The van der Waals surface area contributed by atoms with E-state index in [0.717, 1.165) is 21.5 Å². The van der Waals surface area contributed by atoms with Crippen molar-refractivity contribution in [2.45, 2.75) is 12.1 Å². The highest BCUT2D eigenvalue weighted by molar-refractivity contribution is 7.96. The SMILES string of the molecule is O=C(O)C(Cc1ccccc1)[P+](c1ccccc1)(c1ccccc1)c1ccccc1. The summed E-state index contributed by atoms with van der Waals surface area (Å²) in [4.78, 5) is 12.9. The second-order valence-electron chi connectivity index (χ2n) is 7.27. The lowest BCUT2D eigenvalue weighted by Gasteiger charge is -2.32. The Kier molecular flexibility index (Phi) is 6.07. The van der Waals surface area contributed by atoms with Crippen LogP contribution in [0.2, 0.25) is 0 Å². The summed E-state index contributed by atoms with van der Waals surface area (Å²) in [7, 11) is -2.48. The maximum Gasteiger partial charge on any atom is 0.346 e. The summed E-state index contributed by atoms with van der Waals surface area (Å²) < 4.78 is 0. The molecule has 4 aromatic rings. The molecule has 148 valence electrons. The largest absolute Gasteiger partial charge is 0.478 e. The number of hydrogen-bond acceptors (Lipinski definition) is 1. The molecule has 4 aromatic carbocycles. The molecule has 0 spiro atoms. The molecule has 0 aliphatic rings. The summed E-state index contributed by atoms with van der Waals surface area (Å²) in [6.45, 7) is 0. The van der Waals surface area contributed by atoms with Gasteiger partial charge in [0.25, 0.3) is 0 Å². The molecule has 0 aliphatic heterocycles. The van der Waals surface area contributed by atoms with E-state index in [9.17, 15) is 9.90 Å². The summed E-state index contributed by atoms with van der Waals surface area (Å²) in [5.41, 5.74) is 0.462. The van der Waals surface area contributed by atoms with Crippen LogP contribution < -0.4 is 15.9 Å². The third kappa shape index (κ3) is 3.79. The van der Waals surface area contributed by atoms with Crippen molar-refractivity contribution < 1.29 is 9.90 Å². The van der Waals surface area contributed by atoms with Crippen LogP contribution >= 0.6 is 7.26 Å². The third-order valence-electron chi connectivity index (χ3n) is 5.51. The van der Waals surface area contributed by atoms with Gasteiger partial charge in [-0.25, -0.2) is 4.79 Å². The molecular weight excluding hydrogens is 387 g/mol. The zero-order valence-electron chi connectivity index (χ0n) is 16.6. The first-order chi connectivity index (χ1) is 14.7. The number of carbonyl (C=O) groups is 1. The predicted octanol–water partition coefficient (Wildman–Crippen LogP) is 4.68. The predicted molar refractivity (Wildman–Crippen MR) is 127 cm³/mol. The van der Waals surface area contributed by atoms with Crippen LogP contribution in [0.3, 0.4) is 0 Å². The van der Waals surface area contributed by atoms with Gasteiger partial charge in [-0.1, -0.05) is 84.9 Å². The maximum atomic E-state index is 12.9. The van der Waals surface area contributed by atoms with Gasteiger partial charge in [0.2, 0.25) is 0 Å². The van der Waals surface area contributed by atoms with Crippen molar-refractivity contribution in [3.05, 3.63) is 127 Å². The van der Waals surface area contributed by atoms with Gasteiger partial charge in [-0.3, -0.25) is 0 Å². The van der Waals surface area contributed by atoms with E-state index in [4.69, 9.17) is 0 Å². The molecule has 4 rings (SSSR count). The van der Waals surface area contributed by atoms with Crippen molar-refractivity contribution in [3.63, 3.8) is 0 Å². The van der Waals surface area contributed by atoms with Crippen molar-refractivity contribution >= 4 is 29.1 Å². The first-order valence-corrected chi connectivity index (χ1v) is 11.9. The molecule has 2 nitrogen and oxygen atoms in total. The average Bonchev–Trinajstić information content (AvgIpc) is 2.82. The number of hydrogen-bond donors (Lipinski definition) is 1. The summed E-state index contributed by atoms with van der Waals surface area (Å²) in [6.07, 6.45) is 0.475. The van der Waals surface area contributed by atoms with Crippen LogP contribution in [-0.4, -0.2) is 16.7 Å². The monoisotopic (exact) mass is 411 g/mol. The van der Waals surface area contributed by atoms with Crippen LogP contribution in [0.4, 0.5) is 0 Å². The molecule has 1 unspecified atom stereocenters. The van der Waals surface area contributed by atoms with Crippen molar-refractivity contribution in [2.24, 2.45) is 0 Å². The average molecular weight is 411 g/mol. The zero-order valence-corrected chi connectivity index (χ0v) is 17.5. The number of benzene rings is 4. The summed E-state index contributed by atoms with van der Waals surface area (Å²) >= 11 is 0. The van der Waals surface area contributed by atoms with E-state index in [0.29, 0.717) is 6.42 Å². The first-order valence-electron chi connectivity index (χ1n) is 10.0. The lowest BCUT2D eigenvalue weighted by molar-refractivity contribution is -0.136. The number of carboxylic acid groups (broad SMARTS) is 1. The molecule has 0 aliphatic carbocycles. The normalized spacial score (nSPS) is 12.3. The Balaban J connectivity index is 2.04. The Morgan fingerprint density at radius 3 is 1.27 bits per heavy atom. The van der Waals surface area contributed by atoms with Crippen molar-refractivity contribution in [2.75, 3.05) is 0 Å². The number of carboxylic acids is 1. The van der Waals surface area contributed by atoms with Gasteiger partial charge >= 0.3 is 5.97 Å². The molecule has 0 aromatic heterocycles. The van der Waals surface area contributed by atoms with Gasteiger partial charge in [0.05, 0.1) is 0 Å². The van der Waals surface area contributed by atoms with Crippen LogP contribution in [-0.2, 0) is 11.2 Å². The van der Waals surface area contributed by atoms with Crippen LogP contribution in [0.1, 0.15) is 5.56 Å². The third-order valence-corrected chi connectivity index (χ3v) is 10.2. The Morgan fingerprint density at radius 1 is 0.600 bits per heavy atom. The quantitative estimate of drug-likeness (QED) is 0.449. The Morgan fingerprint density at radius 2 is 0.933 bits per heavy atom. The maximum absolute atomic E-state index is 12.9. The van der Waals surface area contributed by atoms with Gasteiger partial charge < -0.3 is 5.11 Å². The van der Waals surface area contributed by atoms with E-state index in [1.54, 1.807) is 0 Å². The van der Waals surface area contributed by atoms with Crippen molar-refractivity contribution in [1.82, 2.24) is 0 Å². The summed E-state index contributed by atoms with van der Waals surface area (Å²) in [5, 5.41) is 13.8. The molecule has 0 amide bonds. The van der Waals surface area contributed by atoms with E-state index in [1.165, 1.54) is 0 Å². The highest BCUT2D eigenvalue weighted by atomic mass is 31.2. The molecule has 3 heteroatoms. The number of aliphatic carboxylic acids is 1. The first kappa shape index (κ1) is 20.1. The Labute approximate surface area is 178 Å². The summed E-state index contributed by atoms with van der Waals surface area (Å²) in [6, 6.07) is 40.5. The van der Waals surface area contributed by atoms with Crippen molar-refractivity contribution in [3.8, 4) is 0 Å². The van der Waals surface area contributed by atoms with E-state index >= 15 is 0 Å². The van der Waals surface area contributed by atoms with Crippen LogP contribution in [0.15, 0.2) is 121 Å². The fourth-order valence-corrected chi connectivity index (χ4v) is 8.92. The Hall–Kier alpha value is -3.22. The minimum absolute atomic E-state index is 0.475. The van der Waals surface area contributed by atoms with Crippen LogP contribution in [0.25, 0.3) is 0 Å². The fourth-order valence-electron chi connectivity index (χ4n) is 4.20. The van der Waals surface area contributed by atoms with Gasteiger partial charge in [-0.2, -0.15) is 0 Å². The van der Waals surface area contributed by atoms with E-state index in [1.807, 2.05) is 84.9 Å². The molecule has 30 heavy (non-hydrogen) atoms. The molecule has 0 bridgehead atoms. The van der Waals surface area contributed by atoms with Gasteiger partial charge in [-0.05, 0) is 42.0 Å². The highest BCUT2D eigenvalue weighted by Crippen LogP contribution is 2.60. The summed E-state index contributed by atoms with van der Waals surface area (Å²) in [5.74, 6) is -0.760. The smallest absolute Gasteiger partial charge is 0.346 e. The molecule has 1 atom stereocenters. The van der Waals surface area contributed by atoms with E-state index in [2.05, 4.69) is 36.4 Å². The molecule has 0 fully saturated rings. The van der Waals surface area contributed by atoms with Crippen molar-refractivity contribution in [1.29, 1.82) is 0 Å². The van der Waals surface area contributed by atoms with Gasteiger partial charge in [0.15, 0.2) is 5.66 Å². The fraction of sp³-hybridized carbons (Fsp3) is 0.0741. The molecule has 0 saturated carbocycles.